The summed E-state index contributed by atoms with van der Waals surface area (Å²) in [6.07, 6.45) is 2.27. The number of nitrogen functional groups attached to an aromatic ring is 1. The van der Waals surface area contributed by atoms with Crippen LogP contribution in [0.5, 0.6) is 0 Å². The lowest BCUT2D eigenvalue weighted by Crippen LogP contribution is -2.11. The van der Waals surface area contributed by atoms with Crippen LogP contribution in [0.4, 0.5) is 11.8 Å². The summed E-state index contributed by atoms with van der Waals surface area (Å²) in [5.41, 5.74) is 7.93. The first-order chi connectivity index (χ1) is 9.60. The first kappa shape index (κ1) is 14.5. The third kappa shape index (κ3) is 3.57. The standard InChI is InChI=1S/C15H23N5/c1-4-5-8-17-14-12-7-6-11(10-20(2)3)9-13(12)18-15(16)19-14/h6-7,9H,4-5,8,10H2,1-3H3,(H3,16,17,18,19). The van der Waals surface area contributed by atoms with Gasteiger partial charge in [0, 0.05) is 18.5 Å². The Kier molecular flexibility index (Phi) is 4.74. The van der Waals surface area contributed by atoms with Gasteiger partial charge in [-0.15, -0.1) is 0 Å². The van der Waals surface area contributed by atoms with E-state index in [-0.39, 0.29) is 0 Å². The number of nitrogens with two attached hydrogens (primary N) is 1. The van der Waals surface area contributed by atoms with Gasteiger partial charge in [-0.25, -0.2) is 4.98 Å². The van der Waals surface area contributed by atoms with E-state index in [0.29, 0.717) is 5.95 Å². The lowest BCUT2D eigenvalue weighted by Gasteiger charge is -2.12. The van der Waals surface area contributed by atoms with Crippen LogP contribution in [0.2, 0.25) is 0 Å². The summed E-state index contributed by atoms with van der Waals surface area (Å²) in [7, 11) is 4.10. The van der Waals surface area contributed by atoms with Crippen molar-refractivity contribution < 1.29 is 0 Å². The molecule has 5 heteroatoms. The Morgan fingerprint density at radius 3 is 2.75 bits per heavy atom. The molecule has 0 radical (unpaired) electrons. The summed E-state index contributed by atoms with van der Waals surface area (Å²) < 4.78 is 0. The molecule has 0 aliphatic heterocycles. The van der Waals surface area contributed by atoms with E-state index in [4.69, 9.17) is 5.73 Å². The summed E-state index contributed by atoms with van der Waals surface area (Å²) >= 11 is 0. The van der Waals surface area contributed by atoms with Crippen molar-refractivity contribution in [3.8, 4) is 0 Å². The van der Waals surface area contributed by atoms with Crippen LogP contribution >= 0.6 is 0 Å². The van der Waals surface area contributed by atoms with Gasteiger partial charge in [0.2, 0.25) is 5.95 Å². The summed E-state index contributed by atoms with van der Waals surface area (Å²) in [4.78, 5) is 10.8. The molecule has 3 N–H and O–H groups in total. The molecule has 5 nitrogen and oxygen atoms in total. The molecule has 1 aromatic carbocycles. The molecule has 0 saturated heterocycles. The number of anilines is 2. The summed E-state index contributed by atoms with van der Waals surface area (Å²) in [6.45, 7) is 3.96. The van der Waals surface area contributed by atoms with E-state index in [1.54, 1.807) is 0 Å². The summed E-state index contributed by atoms with van der Waals surface area (Å²) in [6, 6.07) is 6.27. The summed E-state index contributed by atoms with van der Waals surface area (Å²) in [5, 5.41) is 4.37. The average Bonchev–Trinajstić information content (AvgIpc) is 2.37. The van der Waals surface area contributed by atoms with E-state index in [9.17, 15) is 0 Å². The van der Waals surface area contributed by atoms with Crippen molar-refractivity contribution in [1.82, 2.24) is 14.9 Å². The second-order valence-electron chi connectivity index (χ2n) is 5.30. The molecule has 0 unspecified atom stereocenters. The predicted molar refractivity (Wildman–Crippen MR) is 84.7 cm³/mol. The first-order valence-electron chi connectivity index (χ1n) is 7.05. The molecule has 20 heavy (non-hydrogen) atoms. The van der Waals surface area contributed by atoms with E-state index >= 15 is 0 Å². The highest BCUT2D eigenvalue weighted by atomic mass is 15.1. The van der Waals surface area contributed by atoms with Gasteiger partial charge in [0.15, 0.2) is 0 Å². The average molecular weight is 273 g/mol. The fourth-order valence-electron chi connectivity index (χ4n) is 2.17. The molecule has 1 heterocycles. The van der Waals surface area contributed by atoms with Crippen LogP contribution in [-0.2, 0) is 6.54 Å². The van der Waals surface area contributed by atoms with Gasteiger partial charge in [-0.1, -0.05) is 19.4 Å². The minimum absolute atomic E-state index is 0.318. The van der Waals surface area contributed by atoms with Crippen molar-refractivity contribution in [2.24, 2.45) is 0 Å². The van der Waals surface area contributed by atoms with Crippen LogP contribution in [0.1, 0.15) is 25.3 Å². The fraction of sp³-hybridized carbons (Fsp3) is 0.467. The number of nitrogens with zero attached hydrogens (tertiary/aromatic N) is 3. The minimum atomic E-state index is 0.318. The number of nitrogens with one attached hydrogen (secondary N) is 1. The smallest absolute Gasteiger partial charge is 0.222 e. The number of hydrogen-bond acceptors (Lipinski definition) is 5. The van der Waals surface area contributed by atoms with Crippen molar-refractivity contribution >= 4 is 22.7 Å². The molecule has 0 spiro atoms. The maximum Gasteiger partial charge on any atom is 0.222 e. The molecular weight excluding hydrogens is 250 g/mol. The van der Waals surface area contributed by atoms with Gasteiger partial charge < -0.3 is 16.0 Å². The maximum atomic E-state index is 5.81. The molecule has 108 valence electrons. The number of hydrogen-bond donors (Lipinski definition) is 2. The molecule has 0 aliphatic carbocycles. The Hall–Kier alpha value is -1.88. The molecule has 2 aromatic rings. The van der Waals surface area contributed by atoms with Crippen molar-refractivity contribution in [2.75, 3.05) is 31.7 Å². The number of unbranched alkanes of at least 4 members (excludes halogenated alkanes) is 1. The highest BCUT2D eigenvalue weighted by Crippen LogP contribution is 2.22. The van der Waals surface area contributed by atoms with E-state index in [1.807, 2.05) is 0 Å². The molecular formula is C15H23N5. The van der Waals surface area contributed by atoms with Crippen LogP contribution in [0.3, 0.4) is 0 Å². The SMILES string of the molecule is CCCCNc1nc(N)nc2cc(CN(C)C)ccc12. The second-order valence-corrected chi connectivity index (χ2v) is 5.30. The van der Waals surface area contributed by atoms with Gasteiger partial charge in [-0.2, -0.15) is 4.98 Å². The van der Waals surface area contributed by atoms with Gasteiger partial charge in [0.25, 0.3) is 0 Å². The first-order valence-corrected chi connectivity index (χ1v) is 7.05. The molecule has 0 aliphatic rings. The summed E-state index contributed by atoms with van der Waals surface area (Å²) in [5.74, 6) is 1.15. The Labute approximate surface area is 120 Å². The minimum Gasteiger partial charge on any atom is -0.369 e. The zero-order valence-corrected chi connectivity index (χ0v) is 12.5. The quantitative estimate of drug-likeness (QED) is 0.791. The topological polar surface area (TPSA) is 67.1 Å². The van der Waals surface area contributed by atoms with E-state index in [1.165, 1.54) is 5.56 Å². The number of aromatic nitrogens is 2. The van der Waals surface area contributed by atoms with E-state index in [2.05, 4.69) is 59.4 Å². The monoisotopic (exact) mass is 273 g/mol. The van der Waals surface area contributed by atoms with Gasteiger partial charge in [0.05, 0.1) is 5.52 Å². The van der Waals surface area contributed by atoms with E-state index in [0.717, 1.165) is 42.7 Å². The number of rotatable bonds is 6. The third-order valence-corrected chi connectivity index (χ3v) is 3.10. The zero-order valence-electron chi connectivity index (χ0n) is 12.5. The Morgan fingerprint density at radius 1 is 1.25 bits per heavy atom. The van der Waals surface area contributed by atoms with Crippen LogP contribution in [-0.4, -0.2) is 35.5 Å². The van der Waals surface area contributed by atoms with E-state index < -0.39 is 0 Å². The highest BCUT2D eigenvalue weighted by Gasteiger charge is 2.07. The van der Waals surface area contributed by atoms with Crippen molar-refractivity contribution in [3.05, 3.63) is 23.8 Å². The number of benzene rings is 1. The van der Waals surface area contributed by atoms with Crippen LogP contribution < -0.4 is 11.1 Å². The van der Waals surface area contributed by atoms with Crippen LogP contribution in [0.25, 0.3) is 10.9 Å². The Balaban J connectivity index is 2.33. The van der Waals surface area contributed by atoms with Crippen molar-refractivity contribution in [3.63, 3.8) is 0 Å². The molecule has 0 amide bonds. The molecule has 0 bridgehead atoms. The molecule has 2 rings (SSSR count). The fourth-order valence-corrected chi connectivity index (χ4v) is 2.17. The van der Waals surface area contributed by atoms with Crippen molar-refractivity contribution in [2.45, 2.75) is 26.3 Å². The lowest BCUT2D eigenvalue weighted by atomic mass is 10.1. The zero-order chi connectivity index (χ0) is 14.5. The molecule has 0 atom stereocenters. The maximum absolute atomic E-state index is 5.81. The third-order valence-electron chi connectivity index (χ3n) is 3.10. The lowest BCUT2D eigenvalue weighted by molar-refractivity contribution is 0.402. The molecule has 1 aromatic heterocycles. The largest absolute Gasteiger partial charge is 0.369 e. The molecule has 0 fully saturated rings. The van der Waals surface area contributed by atoms with Gasteiger partial charge >= 0.3 is 0 Å². The van der Waals surface area contributed by atoms with Crippen LogP contribution in [0, 0.1) is 0 Å². The second kappa shape index (κ2) is 6.52. The Morgan fingerprint density at radius 2 is 2.05 bits per heavy atom. The number of fused-ring (bicyclic) bond motifs is 1. The van der Waals surface area contributed by atoms with Crippen LogP contribution in [0.15, 0.2) is 18.2 Å². The van der Waals surface area contributed by atoms with Gasteiger partial charge in [0.1, 0.15) is 5.82 Å². The Bertz CT molecular complexity index is 580. The van der Waals surface area contributed by atoms with Crippen molar-refractivity contribution in [1.29, 1.82) is 0 Å². The molecule has 0 saturated carbocycles. The van der Waals surface area contributed by atoms with Gasteiger partial charge in [-0.05, 0) is 38.2 Å². The highest BCUT2D eigenvalue weighted by molar-refractivity contribution is 5.90. The predicted octanol–water partition coefficient (Wildman–Crippen LogP) is 2.49. The van der Waals surface area contributed by atoms with Gasteiger partial charge in [-0.3, -0.25) is 0 Å². The normalized spacial score (nSPS) is 11.2.